The van der Waals surface area contributed by atoms with E-state index in [0.717, 1.165) is 23.1 Å². The summed E-state index contributed by atoms with van der Waals surface area (Å²) < 4.78 is 0.933. The fraction of sp³-hybridized carbons (Fsp3) is 0.500. The molecule has 1 saturated heterocycles. The number of likely N-dealkylation sites (tertiary alicyclic amines) is 1. The largest absolute Gasteiger partial charge is 0.284 e. The summed E-state index contributed by atoms with van der Waals surface area (Å²) in [4.78, 5) is 6.37. The van der Waals surface area contributed by atoms with E-state index in [1.165, 1.54) is 19.3 Å². The van der Waals surface area contributed by atoms with Crippen LogP contribution in [0, 0.1) is 11.3 Å². The SMILES string of the molecule is N#CC(c1cncc(Br)c1)N1CCCCC1. The highest BCUT2D eigenvalue weighted by Gasteiger charge is 2.22. The van der Waals surface area contributed by atoms with Gasteiger partial charge in [-0.05, 0) is 47.9 Å². The Morgan fingerprint density at radius 2 is 2.06 bits per heavy atom. The molecule has 1 aromatic rings. The van der Waals surface area contributed by atoms with Gasteiger partial charge in [0.1, 0.15) is 6.04 Å². The summed E-state index contributed by atoms with van der Waals surface area (Å²) in [5, 5.41) is 9.29. The van der Waals surface area contributed by atoms with E-state index in [2.05, 4.69) is 31.9 Å². The topological polar surface area (TPSA) is 39.9 Å². The Bertz CT molecular complexity index is 393. The Morgan fingerprint density at radius 1 is 1.31 bits per heavy atom. The van der Waals surface area contributed by atoms with Crippen LogP contribution in [0.25, 0.3) is 0 Å². The van der Waals surface area contributed by atoms with Crippen molar-refractivity contribution >= 4 is 15.9 Å². The molecule has 0 radical (unpaired) electrons. The summed E-state index contributed by atoms with van der Waals surface area (Å²) in [6, 6.07) is 4.21. The van der Waals surface area contributed by atoms with Crippen molar-refractivity contribution in [1.29, 1.82) is 5.26 Å². The zero-order chi connectivity index (χ0) is 11.4. The lowest BCUT2D eigenvalue weighted by molar-refractivity contribution is 0.196. The van der Waals surface area contributed by atoms with E-state index in [4.69, 9.17) is 0 Å². The maximum atomic E-state index is 9.29. The number of nitriles is 1. The Hall–Kier alpha value is -0.920. The second kappa shape index (κ2) is 5.42. The van der Waals surface area contributed by atoms with Gasteiger partial charge in [-0.3, -0.25) is 9.88 Å². The summed E-state index contributed by atoms with van der Waals surface area (Å²) in [7, 11) is 0. The van der Waals surface area contributed by atoms with Crippen LogP contribution in [0.3, 0.4) is 0 Å². The molecule has 4 heteroatoms. The molecule has 2 rings (SSSR count). The van der Waals surface area contributed by atoms with Crippen molar-refractivity contribution in [1.82, 2.24) is 9.88 Å². The molecular weight excluding hydrogens is 266 g/mol. The van der Waals surface area contributed by atoms with Gasteiger partial charge >= 0.3 is 0 Å². The molecular formula is C12H14BrN3. The average Bonchev–Trinajstić information content (AvgIpc) is 2.31. The van der Waals surface area contributed by atoms with Gasteiger partial charge in [0.25, 0.3) is 0 Å². The van der Waals surface area contributed by atoms with Gasteiger partial charge in [0, 0.05) is 22.4 Å². The summed E-state index contributed by atoms with van der Waals surface area (Å²) in [5.74, 6) is 0. The van der Waals surface area contributed by atoms with Crippen molar-refractivity contribution in [3.05, 3.63) is 28.5 Å². The maximum absolute atomic E-state index is 9.29. The maximum Gasteiger partial charge on any atom is 0.125 e. The molecule has 1 aliphatic heterocycles. The summed E-state index contributed by atoms with van der Waals surface area (Å²) in [6.07, 6.45) is 7.20. The minimum absolute atomic E-state index is 0.148. The van der Waals surface area contributed by atoms with E-state index in [0.29, 0.717) is 0 Å². The second-order valence-electron chi connectivity index (χ2n) is 4.06. The minimum Gasteiger partial charge on any atom is -0.284 e. The average molecular weight is 280 g/mol. The molecule has 0 amide bonds. The van der Waals surface area contributed by atoms with Crippen LogP contribution in [-0.4, -0.2) is 23.0 Å². The van der Waals surface area contributed by atoms with Gasteiger partial charge in [0.15, 0.2) is 0 Å². The lowest BCUT2D eigenvalue weighted by Gasteiger charge is -2.30. The van der Waals surface area contributed by atoms with Crippen molar-refractivity contribution in [2.24, 2.45) is 0 Å². The number of hydrogen-bond acceptors (Lipinski definition) is 3. The number of rotatable bonds is 2. The standard InChI is InChI=1S/C12H14BrN3/c13-11-6-10(8-15-9-11)12(7-14)16-4-2-1-3-5-16/h6,8-9,12H,1-5H2. The first kappa shape index (κ1) is 11.6. The van der Waals surface area contributed by atoms with Gasteiger partial charge in [0.05, 0.1) is 6.07 Å². The van der Waals surface area contributed by atoms with E-state index in [9.17, 15) is 5.26 Å². The van der Waals surface area contributed by atoms with Crippen molar-refractivity contribution in [2.75, 3.05) is 13.1 Å². The van der Waals surface area contributed by atoms with Crippen LogP contribution in [0.15, 0.2) is 22.9 Å². The number of aromatic nitrogens is 1. The molecule has 3 nitrogen and oxygen atoms in total. The van der Waals surface area contributed by atoms with Crippen LogP contribution in [-0.2, 0) is 0 Å². The molecule has 0 saturated carbocycles. The van der Waals surface area contributed by atoms with Crippen molar-refractivity contribution < 1.29 is 0 Å². The zero-order valence-corrected chi connectivity index (χ0v) is 10.7. The van der Waals surface area contributed by atoms with E-state index in [-0.39, 0.29) is 6.04 Å². The molecule has 2 heterocycles. The molecule has 0 N–H and O–H groups in total. The lowest BCUT2D eigenvalue weighted by atomic mass is 10.0. The van der Waals surface area contributed by atoms with Gasteiger partial charge in [-0.25, -0.2) is 0 Å². The highest BCUT2D eigenvalue weighted by Crippen LogP contribution is 2.25. The highest BCUT2D eigenvalue weighted by molar-refractivity contribution is 9.10. The first-order valence-electron chi connectivity index (χ1n) is 5.55. The van der Waals surface area contributed by atoms with E-state index < -0.39 is 0 Å². The minimum atomic E-state index is -0.148. The predicted octanol–water partition coefficient (Wildman–Crippen LogP) is 2.89. The van der Waals surface area contributed by atoms with Gasteiger partial charge in [-0.2, -0.15) is 5.26 Å². The Morgan fingerprint density at radius 3 is 2.69 bits per heavy atom. The van der Waals surface area contributed by atoms with Gasteiger partial charge in [-0.1, -0.05) is 6.42 Å². The van der Waals surface area contributed by atoms with Crippen LogP contribution in [0.2, 0.25) is 0 Å². The molecule has 0 bridgehead atoms. The van der Waals surface area contributed by atoms with Crippen LogP contribution in [0.4, 0.5) is 0 Å². The van der Waals surface area contributed by atoms with E-state index >= 15 is 0 Å². The molecule has 1 fully saturated rings. The zero-order valence-electron chi connectivity index (χ0n) is 9.06. The van der Waals surface area contributed by atoms with Crippen LogP contribution in [0.1, 0.15) is 30.9 Å². The fourth-order valence-electron chi connectivity index (χ4n) is 2.12. The lowest BCUT2D eigenvalue weighted by Crippen LogP contribution is -2.33. The fourth-order valence-corrected chi connectivity index (χ4v) is 2.50. The Kier molecular flexibility index (Phi) is 3.92. The Labute approximate surface area is 104 Å². The Balaban J connectivity index is 2.18. The van der Waals surface area contributed by atoms with Crippen LogP contribution < -0.4 is 0 Å². The molecule has 1 aliphatic rings. The molecule has 0 aliphatic carbocycles. The third kappa shape index (κ3) is 2.60. The molecule has 0 aromatic carbocycles. The normalized spacial score (nSPS) is 19.0. The molecule has 1 atom stereocenters. The third-order valence-corrected chi connectivity index (χ3v) is 3.35. The first-order valence-corrected chi connectivity index (χ1v) is 6.34. The summed E-state index contributed by atoms with van der Waals surface area (Å²) in [6.45, 7) is 2.04. The third-order valence-electron chi connectivity index (χ3n) is 2.92. The second-order valence-corrected chi connectivity index (χ2v) is 4.98. The van der Waals surface area contributed by atoms with Crippen molar-refractivity contribution in [3.63, 3.8) is 0 Å². The molecule has 0 spiro atoms. The monoisotopic (exact) mass is 279 g/mol. The first-order chi connectivity index (χ1) is 7.81. The smallest absolute Gasteiger partial charge is 0.125 e. The number of piperidine rings is 1. The molecule has 1 aromatic heterocycles. The van der Waals surface area contributed by atoms with Crippen molar-refractivity contribution in [2.45, 2.75) is 25.3 Å². The van der Waals surface area contributed by atoms with Crippen LogP contribution >= 0.6 is 15.9 Å². The molecule has 84 valence electrons. The number of halogens is 1. The van der Waals surface area contributed by atoms with Gasteiger partial charge in [0.2, 0.25) is 0 Å². The number of hydrogen-bond donors (Lipinski definition) is 0. The molecule has 16 heavy (non-hydrogen) atoms. The number of pyridine rings is 1. The van der Waals surface area contributed by atoms with Crippen molar-refractivity contribution in [3.8, 4) is 6.07 Å². The van der Waals surface area contributed by atoms with Gasteiger partial charge in [-0.15, -0.1) is 0 Å². The summed E-state index contributed by atoms with van der Waals surface area (Å²) >= 11 is 3.39. The van der Waals surface area contributed by atoms with E-state index in [1.54, 1.807) is 12.4 Å². The summed E-state index contributed by atoms with van der Waals surface area (Å²) in [5.41, 5.74) is 0.985. The molecule has 1 unspecified atom stereocenters. The van der Waals surface area contributed by atoms with E-state index in [1.807, 2.05) is 6.07 Å². The predicted molar refractivity (Wildman–Crippen MR) is 65.7 cm³/mol. The highest BCUT2D eigenvalue weighted by atomic mass is 79.9. The van der Waals surface area contributed by atoms with Gasteiger partial charge < -0.3 is 0 Å². The quantitative estimate of drug-likeness (QED) is 0.836. The van der Waals surface area contributed by atoms with Crippen LogP contribution in [0.5, 0.6) is 0 Å². The number of nitrogens with zero attached hydrogens (tertiary/aromatic N) is 3.